The molecule has 0 aliphatic carbocycles. The van der Waals surface area contributed by atoms with Gasteiger partial charge in [0.2, 0.25) is 5.91 Å². The van der Waals surface area contributed by atoms with E-state index in [1.807, 2.05) is 0 Å². The highest BCUT2D eigenvalue weighted by atomic mass is 16.5. The topological polar surface area (TPSA) is 75.8 Å². The van der Waals surface area contributed by atoms with Crippen LogP contribution in [0.1, 0.15) is 13.8 Å². The van der Waals surface area contributed by atoms with E-state index in [9.17, 15) is 4.79 Å². The summed E-state index contributed by atoms with van der Waals surface area (Å²) in [7, 11) is 1.58. The second-order valence-electron chi connectivity index (χ2n) is 4.10. The molecular formula is C10H22N2O3. The smallest absolute Gasteiger partial charge is 0.229 e. The third-order valence-electron chi connectivity index (χ3n) is 2.31. The summed E-state index contributed by atoms with van der Waals surface area (Å²) in [5.74, 6) is -0.0453. The van der Waals surface area contributed by atoms with Crippen molar-refractivity contribution in [1.82, 2.24) is 4.90 Å². The van der Waals surface area contributed by atoms with Crippen LogP contribution >= 0.6 is 0 Å². The molecule has 0 rings (SSSR count). The van der Waals surface area contributed by atoms with Gasteiger partial charge < -0.3 is 20.5 Å². The fourth-order valence-electron chi connectivity index (χ4n) is 1.15. The Morgan fingerprint density at radius 3 is 2.47 bits per heavy atom. The van der Waals surface area contributed by atoms with Crippen LogP contribution in [0, 0.1) is 5.41 Å². The van der Waals surface area contributed by atoms with E-state index in [4.69, 9.17) is 15.6 Å². The third-order valence-corrected chi connectivity index (χ3v) is 2.31. The zero-order chi connectivity index (χ0) is 11.9. The number of hydrogen-bond donors (Lipinski definition) is 2. The van der Waals surface area contributed by atoms with E-state index in [1.165, 1.54) is 0 Å². The van der Waals surface area contributed by atoms with Gasteiger partial charge in [-0.3, -0.25) is 4.79 Å². The Morgan fingerprint density at radius 2 is 2.07 bits per heavy atom. The molecule has 0 saturated carbocycles. The van der Waals surface area contributed by atoms with Crippen molar-refractivity contribution in [2.75, 3.05) is 40.0 Å². The monoisotopic (exact) mass is 218 g/mol. The molecule has 5 nitrogen and oxygen atoms in total. The van der Waals surface area contributed by atoms with E-state index in [-0.39, 0.29) is 12.5 Å². The summed E-state index contributed by atoms with van der Waals surface area (Å²) in [5.41, 5.74) is 4.95. The van der Waals surface area contributed by atoms with Gasteiger partial charge in [-0.2, -0.15) is 0 Å². The molecule has 90 valence electrons. The maximum absolute atomic E-state index is 12.0. The lowest BCUT2D eigenvalue weighted by Gasteiger charge is -2.30. The fraction of sp³-hybridized carbons (Fsp3) is 0.900. The van der Waals surface area contributed by atoms with E-state index in [0.717, 1.165) is 0 Å². The van der Waals surface area contributed by atoms with Gasteiger partial charge in [0.25, 0.3) is 0 Å². The predicted octanol–water partition coefficient (Wildman–Crippen LogP) is -0.561. The van der Waals surface area contributed by atoms with Crippen LogP contribution in [0.15, 0.2) is 0 Å². The molecule has 0 aromatic heterocycles. The second-order valence-corrected chi connectivity index (χ2v) is 4.10. The molecule has 0 atom stereocenters. The minimum Gasteiger partial charge on any atom is -0.395 e. The first-order valence-electron chi connectivity index (χ1n) is 5.09. The van der Waals surface area contributed by atoms with Crippen molar-refractivity contribution in [3.05, 3.63) is 0 Å². The van der Waals surface area contributed by atoms with Crippen molar-refractivity contribution in [2.45, 2.75) is 13.8 Å². The van der Waals surface area contributed by atoms with E-state index < -0.39 is 5.41 Å². The molecule has 0 aliphatic heterocycles. The minimum absolute atomic E-state index is 0.0453. The summed E-state index contributed by atoms with van der Waals surface area (Å²) < 4.78 is 4.91. The average Bonchev–Trinajstić information content (AvgIpc) is 2.23. The van der Waals surface area contributed by atoms with Crippen LogP contribution in [0.3, 0.4) is 0 Å². The van der Waals surface area contributed by atoms with Crippen molar-refractivity contribution in [1.29, 1.82) is 0 Å². The minimum atomic E-state index is -0.580. The maximum atomic E-state index is 12.0. The van der Waals surface area contributed by atoms with Crippen LogP contribution in [-0.2, 0) is 9.53 Å². The molecule has 5 heteroatoms. The van der Waals surface area contributed by atoms with Gasteiger partial charge in [-0.05, 0) is 13.8 Å². The molecule has 0 aromatic rings. The molecular weight excluding hydrogens is 196 g/mol. The summed E-state index contributed by atoms with van der Waals surface area (Å²) in [6, 6.07) is 0. The van der Waals surface area contributed by atoms with Crippen molar-refractivity contribution in [2.24, 2.45) is 11.1 Å². The van der Waals surface area contributed by atoms with Crippen LogP contribution in [0.5, 0.6) is 0 Å². The molecule has 0 bridgehead atoms. The number of nitrogens with zero attached hydrogens (tertiary/aromatic N) is 1. The molecule has 0 fully saturated rings. The third kappa shape index (κ3) is 4.59. The molecule has 0 saturated heterocycles. The van der Waals surface area contributed by atoms with Gasteiger partial charge in [-0.25, -0.2) is 0 Å². The van der Waals surface area contributed by atoms with Crippen LogP contribution < -0.4 is 5.73 Å². The number of carbonyl (C=O) groups excluding carboxylic acids is 1. The van der Waals surface area contributed by atoms with Gasteiger partial charge in [0.1, 0.15) is 0 Å². The SMILES string of the molecule is COCCN(CCO)C(=O)C(C)(C)CN. The van der Waals surface area contributed by atoms with Crippen molar-refractivity contribution in [3.8, 4) is 0 Å². The zero-order valence-corrected chi connectivity index (χ0v) is 9.82. The average molecular weight is 218 g/mol. The lowest BCUT2D eigenvalue weighted by Crippen LogP contribution is -2.46. The zero-order valence-electron chi connectivity index (χ0n) is 9.82. The fourth-order valence-corrected chi connectivity index (χ4v) is 1.15. The quantitative estimate of drug-likeness (QED) is 0.600. The summed E-state index contributed by atoms with van der Waals surface area (Å²) in [6.45, 7) is 5.12. The highest BCUT2D eigenvalue weighted by Gasteiger charge is 2.30. The summed E-state index contributed by atoms with van der Waals surface area (Å²) in [4.78, 5) is 13.6. The Hall–Kier alpha value is -0.650. The number of hydrogen-bond acceptors (Lipinski definition) is 4. The molecule has 0 spiro atoms. The van der Waals surface area contributed by atoms with Crippen LogP contribution in [-0.4, -0.2) is 55.9 Å². The lowest BCUT2D eigenvalue weighted by atomic mass is 9.92. The lowest BCUT2D eigenvalue weighted by molar-refractivity contribution is -0.141. The number of ether oxygens (including phenoxy) is 1. The Balaban J connectivity index is 4.40. The molecule has 1 amide bonds. The van der Waals surface area contributed by atoms with Gasteiger partial charge in [0.15, 0.2) is 0 Å². The first-order chi connectivity index (χ1) is 6.99. The van der Waals surface area contributed by atoms with E-state index in [1.54, 1.807) is 25.9 Å². The van der Waals surface area contributed by atoms with Crippen molar-refractivity contribution >= 4 is 5.91 Å². The Kier molecular flexibility index (Phi) is 6.47. The highest BCUT2D eigenvalue weighted by Crippen LogP contribution is 2.16. The molecule has 15 heavy (non-hydrogen) atoms. The summed E-state index contributed by atoms with van der Waals surface area (Å²) in [5, 5.41) is 8.86. The number of aliphatic hydroxyl groups excluding tert-OH is 1. The number of rotatable bonds is 7. The molecule has 0 heterocycles. The van der Waals surface area contributed by atoms with Crippen LogP contribution in [0.25, 0.3) is 0 Å². The predicted molar refractivity (Wildman–Crippen MR) is 58.4 cm³/mol. The molecule has 0 radical (unpaired) electrons. The van der Waals surface area contributed by atoms with Gasteiger partial charge in [-0.1, -0.05) is 0 Å². The van der Waals surface area contributed by atoms with E-state index in [0.29, 0.717) is 26.2 Å². The standard InChI is InChI=1S/C10H22N2O3/c1-10(2,8-11)9(14)12(4-6-13)5-7-15-3/h13H,4-8,11H2,1-3H3. The molecule has 0 aliphatic rings. The van der Waals surface area contributed by atoms with Crippen LogP contribution in [0.4, 0.5) is 0 Å². The van der Waals surface area contributed by atoms with Crippen LogP contribution in [0.2, 0.25) is 0 Å². The Morgan fingerprint density at radius 1 is 1.47 bits per heavy atom. The molecule has 3 N–H and O–H groups in total. The second kappa shape index (κ2) is 6.76. The number of carbonyl (C=O) groups is 1. The van der Waals surface area contributed by atoms with E-state index in [2.05, 4.69) is 0 Å². The van der Waals surface area contributed by atoms with E-state index >= 15 is 0 Å². The number of nitrogens with two attached hydrogens (primary N) is 1. The van der Waals surface area contributed by atoms with Gasteiger partial charge in [0.05, 0.1) is 18.6 Å². The number of amides is 1. The number of aliphatic hydroxyl groups is 1. The molecule has 0 unspecified atom stereocenters. The first kappa shape index (κ1) is 14.3. The van der Waals surface area contributed by atoms with Gasteiger partial charge >= 0.3 is 0 Å². The Bertz CT molecular complexity index is 195. The largest absolute Gasteiger partial charge is 0.395 e. The molecule has 0 aromatic carbocycles. The van der Waals surface area contributed by atoms with Crippen molar-refractivity contribution in [3.63, 3.8) is 0 Å². The van der Waals surface area contributed by atoms with Gasteiger partial charge in [-0.15, -0.1) is 0 Å². The summed E-state index contributed by atoms with van der Waals surface area (Å²) in [6.07, 6.45) is 0. The number of methoxy groups -OCH3 is 1. The maximum Gasteiger partial charge on any atom is 0.229 e. The first-order valence-corrected chi connectivity index (χ1v) is 5.09. The highest BCUT2D eigenvalue weighted by molar-refractivity contribution is 5.82. The normalized spacial score (nSPS) is 11.5. The van der Waals surface area contributed by atoms with Gasteiger partial charge in [0, 0.05) is 26.7 Å². The Labute approximate surface area is 91.2 Å². The van der Waals surface area contributed by atoms with Crippen molar-refractivity contribution < 1.29 is 14.6 Å². The summed E-state index contributed by atoms with van der Waals surface area (Å²) >= 11 is 0.